The van der Waals surface area contributed by atoms with Gasteiger partial charge in [0, 0.05) is 25.2 Å². The molecule has 0 amide bonds. The van der Waals surface area contributed by atoms with E-state index in [0.717, 1.165) is 12.1 Å². The van der Waals surface area contributed by atoms with E-state index >= 15 is 0 Å². The molecule has 1 atom stereocenters. The highest BCUT2D eigenvalue weighted by molar-refractivity contribution is 4.93. The van der Waals surface area contributed by atoms with Gasteiger partial charge in [-0.05, 0) is 20.5 Å². The Morgan fingerprint density at radius 3 is 2.36 bits per heavy atom. The molecule has 2 nitrogen and oxygen atoms in total. The van der Waals surface area contributed by atoms with E-state index in [9.17, 15) is 0 Å². The molecule has 0 rings (SSSR count). The van der Waals surface area contributed by atoms with Gasteiger partial charge in [0.2, 0.25) is 0 Å². The molecule has 66 valence electrons. The molecule has 11 heavy (non-hydrogen) atoms. The lowest BCUT2D eigenvalue weighted by Gasteiger charge is -2.23. The summed E-state index contributed by atoms with van der Waals surface area (Å²) in [4.78, 5) is 2.24. The molecule has 2 heteroatoms. The van der Waals surface area contributed by atoms with Gasteiger partial charge < -0.3 is 10.2 Å². The monoisotopic (exact) mass is 156 g/mol. The number of nitrogens with zero attached hydrogens (tertiary/aromatic N) is 1. The van der Waals surface area contributed by atoms with Gasteiger partial charge >= 0.3 is 0 Å². The van der Waals surface area contributed by atoms with Gasteiger partial charge in [0.15, 0.2) is 0 Å². The Morgan fingerprint density at radius 1 is 1.55 bits per heavy atom. The lowest BCUT2D eigenvalue weighted by atomic mass is 10.1. The number of hydrogen-bond acceptors (Lipinski definition) is 2. The summed E-state index contributed by atoms with van der Waals surface area (Å²) in [5.41, 5.74) is 1.12. The van der Waals surface area contributed by atoms with Crippen LogP contribution in [0.15, 0.2) is 12.3 Å². The fourth-order valence-corrected chi connectivity index (χ4v) is 1.08. The maximum atomic E-state index is 3.91. The first kappa shape index (κ1) is 10.5. The average Bonchev–Trinajstić information content (AvgIpc) is 1.99. The molecule has 1 unspecified atom stereocenters. The summed E-state index contributed by atoms with van der Waals surface area (Å²) in [5.74, 6) is 0. The molecular weight excluding hydrogens is 136 g/mol. The van der Waals surface area contributed by atoms with Gasteiger partial charge in [-0.1, -0.05) is 13.5 Å². The van der Waals surface area contributed by atoms with Crippen molar-refractivity contribution in [2.75, 3.05) is 21.1 Å². The zero-order chi connectivity index (χ0) is 8.85. The number of nitrogens with one attached hydrogen (secondary N) is 1. The molecule has 0 saturated heterocycles. The second kappa shape index (κ2) is 5.19. The Balaban J connectivity index is 3.78. The zero-order valence-corrected chi connectivity index (χ0v) is 8.15. The van der Waals surface area contributed by atoms with Gasteiger partial charge in [0.05, 0.1) is 0 Å². The summed E-state index contributed by atoms with van der Waals surface area (Å²) in [6.45, 7) is 6.11. The minimum absolute atomic E-state index is 0.620. The number of hydrogen-bond donors (Lipinski definition) is 1. The molecule has 0 aliphatic carbocycles. The third-order valence-electron chi connectivity index (χ3n) is 2.04. The van der Waals surface area contributed by atoms with Crippen LogP contribution < -0.4 is 5.32 Å². The van der Waals surface area contributed by atoms with Crippen molar-refractivity contribution in [3.8, 4) is 0 Å². The SMILES string of the molecule is C=C(CC(CC)N(C)C)NC. The molecule has 0 heterocycles. The van der Waals surface area contributed by atoms with E-state index in [1.54, 1.807) is 0 Å². The van der Waals surface area contributed by atoms with Gasteiger partial charge in [-0.3, -0.25) is 0 Å². The van der Waals surface area contributed by atoms with Crippen LogP contribution in [0.5, 0.6) is 0 Å². The Labute approximate surface area is 70.3 Å². The lowest BCUT2D eigenvalue weighted by molar-refractivity contribution is 0.281. The summed E-state index contributed by atoms with van der Waals surface area (Å²) >= 11 is 0. The second-order valence-electron chi connectivity index (χ2n) is 3.08. The summed E-state index contributed by atoms with van der Waals surface area (Å²) in [7, 11) is 6.14. The van der Waals surface area contributed by atoms with Gasteiger partial charge in [-0.25, -0.2) is 0 Å². The zero-order valence-electron chi connectivity index (χ0n) is 8.15. The first-order valence-corrected chi connectivity index (χ1v) is 4.13. The summed E-state index contributed by atoms with van der Waals surface area (Å²) in [6, 6.07) is 0.620. The van der Waals surface area contributed by atoms with E-state index in [1.165, 1.54) is 6.42 Å². The van der Waals surface area contributed by atoms with Crippen LogP contribution in [-0.2, 0) is 0 Å². The van der Waals surface area contributed by atoms with Crippen molar-refractivity contribution < 1.29 is 0 Å². The highest BCUT2D eigenvalue weighted by Crippen LogP contribution is 2.08. The van der Waals surface area contributed by atoms with Crippen LogP contribution >= 0.6 is 0 Å². The second-order valence-corrected chi connectivity index (χ2v) is 3.08. The molecule has 1 N–H and O–H groups in total. The first-order chi connectivity index (χ1) is 5.11. The van der Waals surface area contributed by atoms with E-state index < -0.39 is 0 Å². The smallest absolute Gasteiger partial charge is 0.0141 e. The van der Waals surface area contributed by atoms with Crippen molar-refractivity contribution in [3.05, 3.63) is 12.3 Å². The fraction of sp³-hybridized carbons (Fsp3) is 0.778. The van der Waals surface area contributed by atoms with Gasteiger partial charge in [-0.15, -0.1) is 0 Å². The molecule has 0 saturated carbocycles. The minimum atomic E-state index is 0.620. The lowest BCUT2D eigenvalue weighted by Crippen LogP contribution is -2.29. The van der Waals surface area contributed by atoms with Crippen molar-refractivity contribution in [3.63, 3.8) is 0 Å². The van der Waals surface area contributed by atoms with Crippen molar-refractivity contribution >= 4 is 0 Å². The molecule has 0 radical (unpaired) electrons. The van der Waals surface area contributed by atoms with E-state index in [2.05, 4.69) is 37.8 Å². The molecule has 0 aromatic carbocycles. The predicted octanol–water partition coefficient (Wildman–Crippen LogP) is 1.45. The molecule has 0 spiro atoms. The average molecular weight is 156 g/mol. The van der Waals surface area contributed by atoms with E-state index in [0.29, 0.717) is 6.04 Å². The van der Waals surface area contributed by atoms with Crippen molar-refractivity contribution in [2.45, 2.75) is 25.8 Å². The number of rotatable bonds is 5. The predicted molar refractivity (Wildman–Crippen MR) is 50.6 cm³/mol. The third kappa shape index (κ3) is 4.04. The highest BCUT2D eigenvalue weighted by atomic mass is 15.1. The van der Waals surface area contributed by atoms with Crippen LogP contribution in [0.25, 0.3) is 0 Å². The Hall–Kier alpha value is -0.500. The quantitative estimate of drug-likeness (QED) is 0.648. The van der Waals surface area contributed by atoms with Crippen LogP contribution in [0.2, 0.25) is 0 Å². The fourth-order valence-electron chi connectivity index (χ4n) is 1.08. The molecule has 0 aliphatic rings. The Morgan fingerprint density at radius 2 is 2.09 bits per heavy atom. The summed E-state index contributed by atoms with van der Waals surface area (Å²) in [6.07, 6.45) is 2.22. The molecule has 0 fully saturated rings. The highest BCUT2D eigenvalue weighted by Gasteiger charge is 2.08. The first-order valence-electron chi connectivity index (χ1n) is 4.13. The third-order valence-corrected chi connectivity index (χ3v) is 2.04. The molecule has 0 aliphatic heterocycles. The maximum absolute atomic E-state index is 3.91. The van der Waals surface area contributed by atoms with Crippen LogP contribution in [0.3, 0.4) is 0 Å². The topological polar surface area (TPSA) is 15.3 Å². The van der Waals surface area contributed by atoms with Crippen molar-refractivity contribution in [2.24, 2.45) is 0 Å². The van der Waals surface area contributed by atoms with Gasteiger partial charge in [0.25, 0.3) is 0 Å². The van der Waals surface area contributed by atoms with Crippen LogP contribution in [0, 0.1) is 0 Å². The maximum Gasteiger partial charge on any atom is 0.0141 e. The minimum Gasteiger partial charge on any atom is -0.392 e. The van der Waals surface area contributed by atoms with Crippen LogP contribution in [-0.4, -0.2) is 32.1 Å². The summed E-state index contributed by atoms with van der Waals surface area (Å²) < 4.78 is 0. The molecular formula is C9H20N2. The normalized spacial score (nSPS) is 13.2. The molecule has 0 aromatic rings. The van der Waals surface area contributed by atoms with E-state index in [-0.39, 0.29) is 0 Å². The summed E-state index contributed by atoms with van der Waals surface area (Å²) in [5, 5.41) is 3.06. The van der Waals surface area contributed by atoms with E-state index in [4.69, 9.17) is 0 Å². The largest absolute Gasteiger partial charge is 0.392 e. The molecule has 0 aromatic heterocycles. The standard InChI is InChI=1S/C9H20N2/c1-6-9(11(4)5)7-8(2)10-3/h9-10H,2,6-7H2,1,3-5H3. The van der Waals surface area contributed by atoms with Crippen molar-refractivity contribution in [1.82, 2.24) is 10.2 Å². The van der Waals surface area contributed by atoms with E-state index in [1.807, 2.05) is 7.05 Å². The molecule has 0 bridgehead atoms. The van der Waals surface area contributed by atoms with Gasteiger partial charge in [0.1, 0.15) is 0 Å². The van der Waals surface area contributed by atoms with Gasteiger partial charge in [-0.2, -0.15) is 0 Å². The van der Waals surface area contributed by atoms with Crippen LogP contribution in [0.1, 0.15) is 19.8 Å². The van der Waals surface area contributed by atoms with Crippen LogP contribution in [0.4, 0.5) is 0 Å². The Bertz CT molecular complexity index is 119. The van der Waals surface area contributed by atoms with Crippen molar-refractivity contribution in [1.29, 1.82) is 0 Å². The Kier molecular flexibility index (Phi) is 4.95.